The summed E-state index contributed by atoms with van der Waals surface area (Å²) >= 11 is 0. The van der Waals surface area contributed by atoms with Crippen LogP contribution in [0.1, 0.15) is 15.9 Å². The third-order valence-electron chi connectivity index (χ3n) is 1.94. The van der Waals surface area contributed by atoms with Crippen LogP contribution >= 0.6 is 0 Å². The SMILES string of the molecule is COCCOc1cc(C=O)ccc1CO. The average Bonchev–Trinajstić information content (AvgIpc) is 2.29. The molecule has 0 aromatic heterocycles. The molecule has 0 fully saturated rings. The summed E-state index contributed by atoms with van der Waals surface area (Å²) in [6, 6.07) is 4.92. The molecule has 0 aliphatic carbocycles. The smallest absolute Gasteiger partial charge is 0.150 e. The predicted octanol–water partition coefficient (Wildman–Crippen LogP) is 1.02. The lowest BCUT2D eigenvalue weighted by atomic mass is 10.1. The van der Waals surface area contributed by atoms with Crippen LogP contribution in [0.5, 0.6) is 5.75 Å². The van der Waals surface area contributed by atoms with Gasteiger partial charge in [0.25, 0.3) is 0 Å². The van der Waals surface area contributed by atoms with E-state index in [9.17, 15) is 4.79 Å². The molecular formula is C11H14O4. The zero-order chi connectivity index (χ0) is 11.1. The first kappa shape index (κ1) is 11.7. The first-order chi connectivity index (χ1) is 7.31. The third-order valence-corrected chi connectivity index (χ3v) is 1.94. The van der Waals surface area contributed by atoms with Crippen LogP contribution in [-0.2, 0) is 11.3 Å². The van der Waals surface area contributed by atoms with Gasteiger partial charge in [-0.1, -0.05) is 12.1 Å². The molecule has 82 valence electrons. The number of aldehydes is 1. The average molecular weight is 210 g/mol. The Morgan fingerprint density at radius 3 is 2.80 bits per heavy atom. The molecule has 1 aromatic carbocycles. The highest BCUT2D eigenvalue weighted by Crippen LogP contribution is 2.19. The topological polar surface area (TPSA) is 55.8 Å². The molecule has 0 radical (unpaired) electrons. The van der Waals surface area contributed by atoms with Crippen molar-refractivity contribution in [1.82, 2.24) is 0 Å². The predicted molar refractivity (Wildman–Crippen MR) is 55.1 cm³/mol. The number of carbonyl (C=O) groups excluding carboxylic acids is 1. The van der Waals surface area contributed by atoms with Crippen LogP contribution in [0.3, 0.4) is 0 Å². The van der Waals surface area contributed by atoms with E-state index in [1.165, 1.54) is 0 Å². The van der Waals surface area contributed by atoms with Crippen LogP contribution in [0.2, 0.25) is 0 Å². The maximum atomic E-state index is 10.5. The van der Waals surface area contributed by atoms with Crippen molar-refractivity contribution in [1.29, 1.82) is 0 Å². The number of hydrogen-bond donors (Lipinski definition) is 1. The van der Waals surface area contributed by atoms with E-state index in [4.69, 9.17) is 14.6 Å². The Morgan fingerprint density at radius 1 is 1.40 bits per heavy atom. The summed E-state index contributed by atoms with van der Waals surface area (Å²) in [7, 11) is 1.58. The minimum Gasteiger partial charge on any atom is -0.491 e. The molecule has 4 nitrogen and oxygen atoms in total. The van der Waals surface area contributed by atoms with Crippen LogP contribution in [0.25, 0.3) is 0 Å². The maximum Gasteiger partial charge on any atom is 0.150 e. The maximum absolute atomic E-state index is 10.5. The summed E-state index contributed by atoms with van der Waals surface area (Å²) in [5.41, 5.74) is 1.19. The van der Waals surface area contributed by atoms with Gasteiger partial charge in [0.1, 0.15) is 18.6 Å². The summed E-state index contributed by atoms with van der Waals surface area (Å²) in [4.78, 5) is 10.5. The summed E-state index contributed by atoms with van der Waals surface area (Å²) in [6.07, 6.45) is 0.740. The van der Waals surface area contributed by atoms with Gasteiger partial charge in [0.2, 0.25) is 0 Å². The molecule has 1 N–H and O–H groups in total. The Hall–Kier alpha value is -1.39. The van der Waals surface area contributed by atoms with E-state index < -0.39 is 0 Å². The molecule has 0 atom stereocenters. The molecule has 0 aliphatic heterocycles. The normalized spacial score (nSPS) is 10.0. The number of carbonyl (C=O) groups is 1. The molecule has 0 heterocycles. The molecule has 0 saturated heterocycles. The first-order valence-electron chi connectivity index (χ1n) is 4.62. The van der Waals surface area contributed by atoms with Gasteiger partial charge in [0.15, 0.2) is 0 Å². The second-order valence-corrected chi connectivity index (χ2v) is 2.98. The highest BCUT2D eigenvalue weighted by Gasteiger charge is 2.03. The van der Waals surface area contributed by atoms with Crippen LogP contribution in [-0.4, -0.2) is 31.7 Å². The molecule has 0 amide bonds. The Bertz CT molecular complexity index is 322. The Labute approximate surface area is 88.4 Å². The molecule has 4 heteroatoms. The highest BCUT2D eigenvalue weighted by molar-refractivity contribution is 5.75. The monoisotopic (exact) mass is 210 g/mol. The number of aliphatic hydroxyl groups excluding tert-OH is 1. The fourth-order valence-corrected chi connectivity index (χ4v) is 1.14. The number of methoxy groups -OCH3 is 1. The van der Waals surface area contributed by atoms with E-state index in [1.54, 1.807) is 25.3 Å². The molecule has 1 aromatic rings. The van der Waals surface area contributed by atoms with Gasteiger partial charge >= 0.3 is 0 Å². The van der Waals surface area contributed by atoms with E-state index in [-0.39, 0.29) is 6.61 Å². The quantitative estimate of drug-likeness (QED) is 0.562. The zero-order valence-corrected chi connectivity index (χ0v) is 8.60. The number of hydrogen-bond acceptors (Lipinski definition) is 4. The van der Waals surface area contributed by atoms with Crippen molar-refractivity contribution in [2.45, 2.75) is 6.61 Å². The third kappa shape index (κ3) is 3.34. The van der Waals surface area contributed by atoms with E-state index in [1.807, 2.05) is 0 Å². The van der Waals surface area contributed by atoms with Gasteiger partial charge in [-0.3, -0.25) is 4.79 Å². The van der Waals surface area contributed by atoms with E-state index in [0.29, 0.717) is 30.1 Å². The Kier molecular flexibility index (Phi) is 4.80. The van der Waals surface area contributed by atoms with Gasteiger partial charge in [-0.2, -0.15) is 0 Å². The van der Waals surface area contributed by atoms with Gasteiger partial charge in [0.05, 0.1) is 13.2 Å². The van der Waals surface area contributed by atoms with Gasteiger partial charge in [-0.15, -0.1) is 0 Å². The number of rotatable bonds is 6. The van der Waals surface area contributed by atoms with Crippen molar-refractivity contribution < 1.29 is 19.4 Å². The van der Waals surface area contributed by atoms with Crippen molar-refractivity contribution in [3.05, 3.63) is 29.3 Å². The van der Waals surface area contributed by atoms with Crippen LogP contribution in [0.4, 0.5) is 0 Å². The van der Waals surface area contributed by atoms with Crippen LogP contribution in [0, 0.1) is 0 Å². The van der Waals surface area contributed by atoms with Crippen molar-refractivity contribution in [3.8, 4) is 5.75 Å². The molecule has 0 aliphatic rings. The van der Waals surface area contributed by atoms with Gasteiger partial charge in [-0.05, 0) is 6.07 Å². The second-order valence-electron chi connectivity index (χ2n) is 2.98. The molecule has 0 saturated carbocycles. The largest absolute Gasteiger partial charge is 0.491 e. The Balaban J connectivity index is 2.76. The summed E-state index contributed by atoms with van der Waals surface area (Å²) in [5, 5.41) is 9.04. The molecule has 0 unspecified atom stereocenters. The molecule has 0 bridgehead atoms. The number of ether oxygens (including phenoxy) is 2. The summed E-state index contributed by atoms with van der Waals surface area (Å²) in [6.45, 7) is 0.753. The lowest BCUT2D eigenvalue weighted by Crippen LogP contribution is -2.06. The minimum atomic E-state index is -0.110. The standard InChI is InChI=1S/C11H14O4/c1-14-4-5-15-11-6-9(7-12)2-3-10(11)8-13/h2-3,6-7,13H,4-5,8H2,1H3. The first-order valence-corrected chi connectivity index (χ1v) is 4.62. The zero-order valence-electron chi connectivity index (χ0n) is 8.60. The molecule has 1 rings (SSSR count). The second kappa shape index (κ2) is 6.16. The van der Waals surface area contributed by atoms with Crippen molar-refractivity contribution in [2.75, 3.05) is 20.3 Å². The van der Waals surface area contributed by atoms with Crippen molar-refractivity contribution in [3.63, 3.8) is 0 Å². The van der Waals surface area contributed by atoms with Gasteiger partial charge in [-0.25, -0.2) is 0 Å². The fraction of sp³-hybridized carbons (Fsp3) is 0.364. The van der Waals surface area contributed by atoms with Crippen molar-refractivity contribution >= 4 is 6.29 Å². The number of benzene rings is 1. The van der Waals surface area contributed by atoms with E-state index in [0.717, 1.165) is 6.29 Å². The molecule has 15 heavy (non-hydrogen) atoms. The number of aliphatic hydroxyl groups is 1. The summed E-state index contributed by atoms with van der Waals surface area (Å²) < 4.78 is 10.2. The van der Waals surface area contributed by atoms with E-state index >= 15 is 0 Å². The lowest BCUT2D eigenvalue weighted by Gasteiger charge is -2.09. The Morgan fingerprint density at radius 2 is 2.20 bits per heavy atom. The fourth-order valence-electron chi connectivity index (χ4n) is 1.14. The highest BCUT2D eigenvalue weighted by atomic mass is 16.5. The van der Waals surface area contributed by atoms with Crippen LogP contribution < -0.4 is 4.74 Å². The van der Waals surface area contributed by atoms with Crippen LogP contribution in [0.15, 0.2) is 18.2 Å². The van der Waals surface area contributed by atoms with Gasteiger partial charge in [0, 0.05) is 18.2 Å². The lowest BCUT2D eigenvalue weighted by molar-refractivity contribution is 0.112. The van der Waals surface area contributed by atoms with Gasteiger partial charge < -0.3 is 14.6 Å². The molecule has 0 spiro atoms. The summed E-state index contributed by atoms with van der Waals surface area (Å²) in [5.74, 6) is 0.527. The molecular weight excluding hydrogens is 196 g/mol. The van der Waals surface area contributed by atoms with Crippen molar-refractivity contribution in [2.24, 2.45) is 0 Å². The van der Waals surface area contributed by atoms with E-state index in [2.05, 4.69) is 0 Å². The minimum absolute atomic E-state index is 0.110.